The second-order valence-electron chi connectivity index (χ2n) is 8.10. The molecule has 3 amide bonds. The molecule has 11 nitrogen and oxygen atoms in total. The maximum Gasteiger partial charge on any atom is 0.328 e. The Morgan fingerprint density at radius 3 is 2.41 bits per heavy atom. The van der Waals surface area contributed by atoms with E-state index in [1.165, 1.54) is 0 Å². The van der Waals surface area contributed by atoms with E-state index in [-0.39, 0.29) is 18.1 Å². The molecule has 0 radical (unpaired) electrons. The van der Waals surface area contributed by atoms with Crippen molar-refractivity contribution in [2.45, 2.75) is 43.4 Å². The van der Waals surface area contributed by atoms with Crippen LogP contribution in [0.15, 0.2) is 30.5 Å². The van der Waals surface area contributed by atoms with Gasteiger partial charge in [0, 0.05) is 29.3 Å². The number of thiol groups is 1. The van der Waals surface area contributed by atoms with Crippen LogP contribution in [0.4, 0.5) is 0 Å². The summed E-state index contributed by atoms with van der Waals surface area (Å²) in [6, 6.07) is 3.49. The molecule has 4 atom stereocenters. The zero-order chi connectivity index (χ0) is 24.7. The van der Waals surface area contributed by atoms with Gasteiger partial charge in [0.25, 0.3) is 0 Å². The zero-order valence-corrected chi connectivity index (χ0v) is 19.3. The summed E-state index contributed by atoms with van der Waals surface area (Å²) in [5, 5.41) is 29.7. The maximum absolute atomic E-state index is 13.2. The molecule has 4 unspecified atom stereocenters. The second kappa shape index (κ2) is 11.9. The number of carboxylic acid groups (broad SMARTS) is 1. The maximum atomic E-state index is 13.2. The first-order chi connectivity index (χ1) is 16.3. The summed E-state index contributed by atoms with van der Waals surface area (Å²) in [4.78, 5) is 52.7. The molecule has 0 bridgehead atoms. The first-order valence-electron chi connectivity index (χ1n) is 11.0. The lowest BCUT2D eigenvalue weighted by Crippen LogP contribution is -2.58. The smallest absolute Gasteiger partial charge is 0.328 e. The number of carbonyl (C=O) groups is 4. The Kier molecular flexibility index (Phi) is 8.91. The minimum Gasteiger partial charge on any atom is -0.480 e. The number of hydrogen-bond donors (Lipinski definition) is 8. The minimum absolute atomic E-state index is 0.118. The third-order valence-electron chi connectivity index (χ3n) is 5.72. The van der Waals surface area contributed by atoms with Crippen molar-refractivity contribution in [1.29, 1.82) is 0 Å². The minimum atomic E-state index is -1.51. The van der Waals surface area contributed by atoms with Gasteiger partial charge in [-0.25, -0.2) is 4.79 Å². The number of carbonyl (C=O) groups excluding carboxylic acids is 3. The van der Waals surface area contributed by atoms with Crippen LogP contribution < -0.4 is 21.3 Å². The molecule has 1 aliphatic rings. The molecular weight excluding hydrogens is 462 g/mol. The first-order valence-corrected chi connectivity index (χ1v) is 11.6. The number of para-hydroxylation sites is 1. The summed E-state index contributed by atoms with van der Waals surface area (Å²) in [5.74, 6) is -3.25. The summed E-state index contributed by atoms with van der Waals surface area (Å²) in [6.07, 6.45) is 3.46. The molecule has 1 aliphatic heterocycles. The molecule has 1 saturated heterocycles. The Labute approximate surface area is 201 Å². The number of carboxylic acids is 1. The van der Waals surface area contributed by atoms with Crippen LogP contribution in [0.1, 0.15) is 18.4 Å². The van der Waals surface area contributed by atoms with E-state index < -0.39 is 48.6 Å². The number of rotatable bonds is 11. The summed E-state index contributed by atoms with van der Waals surface area (Å²) in [5.41, 5.74) is 1.70. The first kappa shape index (κ1) is 25.5. The van der Waals surface area contributed by atoms with Crippen LogP contribution in [0, 0.1) is 0 Å². The third-order valence-corrected chi connectivity index (χ3v) is 6.09. The van der Waals surface area contributed by atoms with Crippen LogP contribution in [0.3, 0.4) is 0 Å². The van der Waals surface area contributed by atoms with Gasteiger partial charge in [0.1, 0.15) is 18.1 Å². The molecule has 0 aliphatic carbocycles. The Bertz CT molecular complexity index is 1040. The standard InChI is InChI=1S/C22H29N5O6S/c28-10-17(22(32)33)26-21(31)18(11-34)27-20(30)16(25-19(29)15-6-3-7-23-15)8-12-9-24-14-5-2-1-4-13(12)14/h1-2,4-5,9,15-18,23-24,28,34H,3,6-8,10-11H2,(H,25,29)(H,26,31)(H,27,30)(H,32,33). The topological polar surface area (TPSA) is 173 Å². The summed E-state index contributed by atoms with van der Waals surface area (Å²) >= 11 is 4.09. The largest absolute Gasteiger partial charge is 0.480 e. The molecule has 1 aromatic carbocycles. The molecule has 12 heteroatoms. The highest BCUT2D eigenvalue weighted by Crippen LogP contribution is 2.19. The summed E-state index contributed by atoms with van der Waals surface area (Å²) < 4.78 is 0. The van der Waals surface area contributed by atoms with E-state index in [4.69, 9.17) is 10.2 Å². The number of hydrogen-bond acceptors (Lipinski definition) is 7. The monoisotopic (exact) mass is 491 g/mol. The molecule has 7 N–H and O–H groups in total. The average molecular weight is 492 g/mol. The van der Waals surface area contributed by atoms with Crippen molar-refractivity contribution in [3.05, 3.63) is 36.0 Å². The van der Waals surface area contributed by atoms with E-state index in [0.29, 0.717) is 6.42 Å². The van der Waals surface area contributed by atoms with Crippen molar-refractivity contribution >= 4 is 47.2 Å². The summed E-state index contributed by atoms with van der Waals surface area (Å²) in [7, 11) is 0. The van der Waals surface area contributed by atoms with Gasteiger partial charge < -0.3 is 36.5 Å². The van der Waals surface area contributed by atoms with Gasteiger partial charge in [-0.15, -0.1) is 0 Å². The molecule has 34 heavy (non-hydrogen) atoms. The van der Waals surface area contributed by atoms with Crippen molar-refractivity contribution in [3.8, 4) is 0 Å². The van der Waals surface area contributed by atoms with E-state index in [1.807, 2.05) is 24.3 Å². The lowest BCUT2D eigenvalue weighted by molar-refractivity contribution is -0.143. The molecule has 1 aromatic heterocycles. The number of amides is 3. The predicted octanol–water partition coefficient (Wildman–Crippen LogP) is -1.08. The van der Waals surface area contributed by atoms with Gasteiger partial charge in [0.05, 0.1) is 12.6 Å². The van der Waals surface area contributed by atoms with E-state index >= 15 is 0 Å². The second-order valence-corrected chi connectivity index (χ2v) is 8.46. The average Bonchev–Trinajstić information content (AvgIpc) is 3.50. The Hall–Kier alpha value is -3.09. The normalized spacial score (nSPS) is 18.1. The van der Waals surface area contributed by atoms with Crippen LogP contribution in [-0.4, -0.2) is 82.0 Å². The van der Waals surface area contributed by atoms with E-state index in [2.05, 4.69) is 38.9 Å². The number of aromatic nitrogens is 1. The van der Waals surface area contributed by atoms with E-state index in [0.717, 1.165) is 29.4 Å². The van der Waals surface area contributed by atoms with Gasteiger partial charge in [-0.3, -0.25) is 14.4 Å². The number of aliphatic hydroxyl groups is 1. The SMILES string of the molecule is O=C(O)C(CO)NC(=O)C(CS)NC(=O)C(Cc1c[nH]c2ccccc12)NC(=O)C1CCCN1. The van der Waals surface area contributed by atoms with E-state index in [1.54, 1.807) is 6.20 Å². The third kappa shape index (κ3) is 6.27. The highest BCUT2D eigenvalue weighted by Gasteiger charge is 2.31. The quantitative estimate of drug-likeness (QED) is 0.185. The predicted molar refractivity (Wildman–Crippen MR) is 127 cm³/mol. The van der Waals surface area contributed by atoms with Gasteiger partial charge in [-0.05, 0) is 31.0 Å². The number of aromatic amines is 1. The van der Waals surface area contributed by atoms with Crippen molar-refractivity contribution < 1.29 is 29.4 Å². The molecule has 3 rings (SSSR count). The number of aliphatic carboxylic acids is 1. The highest BCUT2D eigenvalue weighted by atomic mass is 32.1. The van der Waals surface area contributed by atoms with E-state index in [9.17, 15) is 19.2 Å². The number of aliphatic hydroxyl groups excluding tert-OH is 1. The van der Waals surface area contributed by atoms with Crippen LogP contribution in [0.5, 0.6) is 0 Å². The number of nitrogens with one attached hydrogen (secondary N) is 5. The Balaban J connectivity index is 1.76. The van der Waals surface area contributed by atoms with Crippen molar-refractivity contribution in [1.82, 2.24) is 26.3 Å². The number of H-pyrrole nitrogens is 1. The fraction of sp³-hybridized carbons (Fsp3) is 0.455. The molecule has 2 heterocycles. The molecule has 1 fully saturated rings. The molecular formula is C22H29N5O6S. The molecule has 0 saturated carbocycles. The van der Waals surface area contributed by atoms with Gasteiger partial charge in [0.15, 0.2) is 0 Å². The van der Waals surface area contributed by atoms with Gasteiger partial charge >= 0.3 is 5.97 Å². The van der Waals surface area contributed by atoms with Gasteiger partial charge in [0.2, 0.25) is 17.7 Å². The van der Waals surface area contributed by atoms with Crippen molar-refractivity contribution in [2.24, 2.45) is 0 Å². The molecule has 0 spiro atoms. The van der Waals surface area contributed by atoms with Crippen molar-refractivity contribution in [3.63, 3.8) is 0 Å². The number of fused-ring (bicyclic) bond motifs is 1. The van der Waals surface area contributed by atoms with Gasteiger partial charge in [-0.1, -0.05) is 18.2 Å². The lowest BCUT2D eigenvalue weighted by atomic mass is 10.0. The van der Waals surface area contributed by atoms with Crippen LogP contribution in [0.2, 0.25) is 0 Å². The van der Waals surface area contributed by atoms with Gasteiger partial charge in [-0.2, -0.15) is 12.6 Å². The highest BCUT2D eigenvalue weighted by molar-refractivity contribution is 7.80. The number of benzene rings is 1. The fourth-order valence-corrected chi connectivity index (χ4v) is 4.09. The lowest BCUT2D eigenvalue weighted by Gasteiger charge is -2.24. The Morgan fingerprint density at radius 1 is 1.06 bits per heavy atom. The zero-order valence-electron chi connectivity index (χ0n) is 18.4. The molecule has 2 aromatic rings. The Morgan fingerprint density at radius 2 is 1.76 bits per heavy atom. The fourth-order valence-electron chi connectivity index (χ4n) is 3.83. The van der Waals surface area contributed by atoms with Crippen molar-refractivity contribution in [2.75, 3.05) is 18.9 Å². The summed E-state index contributed by atoms with van der Waals surface area (Å²) in [6.45, 7) is -0.0865. The van der Waals surface area contributed by atoms with Crippen LogP contribution >= 0.6 is 12.6 Å². The molecule has 184 valence electrons. The van der Waals surface area contributed by atoms with Crippen LogP contribution in [0.25, 0.3) is 10.9 Å². The van der Waals surface area contributed by atoms with Crippen LogP contribution in [-0.2, 0) is 25.6 Å².